The van der Waals surface area contributed by atoms with Gasteiger partial charge in [-0.1, -0.05) is 48.5 Å². The molecule has 140 valence electrons. The minimum absolute atomic E-state index is 0.000547. The normalized spacial score (nSPS) is 12.1. The summed E-state index contributed by atoms with van der Waals surface area (Å²) in [7, 11) is 0. The van der Waals surface area contributed by atoms with Crippen LogP contribution in [0.15, 0.2) is 79.0 Å². The van der Waals surface area contributed by atoms with Crippen LogP contribution in [-0.4, -0.2) is 17.4 Å². The fraction of sp³-hybridized carbons (Fsp3) is 0.0870. The smallest absolute Gasteiger partial charge is 0.252 e. The molecule has 0 aliphatic heterocycles. The number of hydrogen-bond acceptors (Lipinski definition) is 1. The summed E-state index contributed by atoms with van der Waals surface area (Å²) in [5.41, 5.74) is 3.81. The second kappa shape index (κ2) is 8.14. The number of aromatic amines is 1. The van der Waals surface area contributed by atoms with Gasteiger partial charge in [0.2, 0.25) is 0 Å². The van der Waals surface area contributed by atoms with E-state index in [4.69, 9.17) is 0 Å². The topological polar surface area (TPSA) is 44.9 Å². The molecule has 1 amide bonds. The fourth-order valence-corrected chi connectivity index (χ4v) is 4.16. The van der Waals surface area contributed by atoms with Gasteiger partial charge >= 0.3 is 0 Å². The predicted molar refractivity (Wildman–Crippen MR) is 118 cm³/mol. The Kier molecular flexibility index (Phi) is 5.43. The van der Waals surface area contributed by atoms with E-state index in [1.54, 1.807) is 0 Å². The van der Waals surface area contributed by atoms with Gasteiger partial charge in [-0.15, -0.1) is 0 Å². The Morgan fingerprint density at radius 1 is 1.04 bits per heavy atom. The molecule has 0 radical (unpaired) electrons. The Morgan fingerprint density at radius 3 is 2.57 bits per heavy atom. The minimum atomic E-state index is -0.345. The summed E-state index contributed by atoms with van der Waals surface area (Å²) in [4.78, 5) is 16.0. The van der Waals surface area contributed by atoms with E-state index < -0.39 is 0 Å². The molecule has 0 saturated heterocycles. The summed E-state index contributed by atoms with van der Waals surface area (Å²) < 4.78 is 13.9. The number of carbonyl (C=O) groups excluding carboxylic acids is 1. The first-order chi connectivity index (χ1) is 13.6. The highest BCUT2D eigenvalue weighted by atomic mass is 127. The molecule has 4 aromatic rings. The van der Waals surface area contributed by atoms with E-state index in [0.29, 0.717) is 15.7 Å². The number of aromatic nitrogens is 1. The van der Waals surface area contributed by atoms with Crippen molar-refractivity contribution in [2.75, 3.05) is 6.54 Å². The Bertz CT molecular complexity index is 1120. The average molecular weight is 484 g/mol. The van der Waals surface area contributed by atoms with Crippen molar-refractivity contribution < 1.29 is 9.18 Å². The quantitative estimate of drug-likeness (QED) is 0.363. The van der Waals surface area contributed by atoms with Crippen LogP contribution in [0.2, 0.25) is 0 Å². The lowest BCUT2D eigenvalue weighted by molar-refractivity contribution is 0.0951. The number of rotatable bonds is 5. The molecule has 0 spiro atoms. The molecule has 4 rings (SSSR count). The van der Waals surface area contributed by atoms with Crippen LogP contribution in [0, 0.1) is 9.39 Å². The minimum Gasteiger partial charge on any atom is -0.361 e. The molecule has 28 heavy (non-hydrogen) atoms. The highest BCUT2D eigenvalue weighted by Gasteiger charge is 2.20. The number of carbonyl (C=O) groups is 1. The van der Waals surface area contributed by atoms with Gasteiger partial charge in [-0.3, -0.25) is 4.79 Å². The zero-order chi connectivity index (χ0) is 19.5. The van der Waals surface area contributed by atoms with E-state index in [9.17, 15) is 9.18 Å². The van der Waals surface area contributed by atoms with Crippen molar-refractivity contribution in [1.82, 2.24) is 10.3 Å². The molecule has 1 aromatic heterocycles. The molecular weight excluding hydrogens is 466 g/mol. The lowest BCUT2D eigenvalue weighted by Gasteiger charge is -2.18. The first-order valence-electron chi connectivity index (χ1n) is 8.97. The Labute approximate surface area is 176 Å². The lowest BCUT2D eigenvalue weighted by atomic mass is 9.91. The number of halogens is 2. The van der Waals surface area contributed by atoms with Crippen LogP contribution in [-0.2, 0) is 0 Å². The van der Waals surface area contributed by atoms with Gasteiger partial charge in [-0.05, 0) is 58.0 Å². The third-order valence-electron chi connectivity index (χ3n) is 4.84. The van der Waals surface area contributed by atoms with Crippen molar-refractivity contribution >= 4 is 39.4 Å². The lowest BCUT2D eigenvalue weighted by Crippen LogP contribution is -2.29. The molecule has 5 heteroatoms. The average Bonchev–Trinajstić information content (AvgIpc) is 3.13. The Hall–Kier alpha value is -2.67. The third kappa shape index (κ3) is 3.80. The maximum Gasteiger partial charge on any atom is 0.252 e. The van der Waals surface area contributed by atoms with Crippen molar-refractivity contribution in [3.8, 4) is 0 Å². The van der Waals surface area contributed by atoms with Crippen LogP contribution in [0.4, 0.5) is 4.39 Å². The van der Waals surface area contributed by atoms with Crippen LogP contribution in [0.3, 0.4) is 0 Å². The van der Waals surface area contributed by atoms with Crippen molar-refractivity contribution in [2.24, 2.45) is 0 Å². The number of H-pyrrole nitrogens is 1. The van der Waals surface area contributed by atoms with E-state index in [0.717, 1.165) is 22.0 Å². The van der Waals surface area contributed by atoms with Crippen LogP contribution in [0.25, 0.3) is 10.9 Å². The molecule has 3 nitrogen and oxygen atoms in total. The van der Waals surface area contributed by atoms with E-state index in [-0.39, 0.29) is 17.6 Å². The maximum absolute atomic E-state index is 13.3. The monoisotopic (exact) mass is 484 g/mol. The molecule has 1 unspecified atom stereocenters. The molecule has 1 heterocycles. The Balaban J connectivity index is 1.64. The number of hydrogen-bond donors (Lipinski definition) is 2. The molecule has 0 saturated carbocycles. The van der Waals surface area contributed by atoms with Crippen LogP contribution >= 0.6 is 22.6 Å². The number of para-hydroxylation sites is 1. The van der Waals surface area contributed by atoms with Crippen LogP contribution in [0.1, 0.15) is 27.4 Å². The summed E-state index contributed by atoms with van der Waals surface area (Å²) in [5.74, 6) is -0.550. The number of amides is 1. The standard InChI is InChI=1S/C23H18FIN2O/c24-16-10-11-18(21(25)12-16)23(28)27-13-19(15-6-2-1-3-7-15)20-14-26-22-9-5-4-8-17(20)22/h1-12,14,19,26H,13H2,(H,27,28). The first kappa shape index (κ1) is 18.7. The molecule has 0 fully saturated rings. The molecule has 0 aliphatic rings. The second-order valence-electron chi connectivity index (χ2n) is 6.59. The van der Waals surface area contributed by atoms with Gasteiger partial charge in [-0.2, -0.15) is 0 Å². The van der Waals surface area contributed by atoms with Gasteiger partial charge in [0.15, 0.2) is 0 Å². The van der Waals surface area contributed by atoms with Gasteiger partial charge in [0.25, 0.3) is 5.91 Å². The first-order valence-corrected chi connectivity index (χ1v) is 10.1. The summed E-state index contributed by atoms with van der Waals surface area (Å²) in [6.07, 6.45) is 2.01. The predicted octanol–water partition coefficient (Wildman–Crippen LogP) is 5.47. The third-order valence-corrected chi connectivity index (χ3v) is 5.73. The summed E-state index contributed by atoms with van der Waals surface area (Å²) in [6, 6.07) is 22.5. The van der Waals surface area contributed by atoms with Gasteiger partial charge in [0.05, 0.1) is 5.56 Å². The molecule has 0 bridgehead atoms. The molecule has 2 N–H and O–H groups in total. The van der Waals surface area contributed by atoms with Crippen molar-refractivity contribution in [1.29, 1.82) is 0 Å². The molecule has 3 aromatic carbocycles. The van der Waals surface area contributed by atoms with Gasteiger partial charge in [-0.25, -0.2) is 4.39 Å². The fourth-order valence-electron chi connectivity index (χ4n) is 3.44. The Morgan fingerprint density at radius 2 is 1.79 bits per heavy atom. The van der Waals surface area contributed by atoms with Gasteiger partial charge < -0.3 is 10.3 Å². The molecule has 0 aliphatic carbocycles. The largest absolute Gasteiger partial charge is 0.361 e. The SMILES string of the molecule is O=C(NCC(c1ccccc1)c1c[nH]c2ccccc12)c1ccc(F)cc1I. The van der Waals surface area contributed by atoms with E-state index >= 15 is 0 Å². The number of nitrogens with one attached hydrogen (secondary N) is 2. The highest BCUT2D eigenvalue weighted by Crippen LogP contribution is 2.30. The van der Waals surface area contributed by atoms with Gasteiger partial charge in [0.1, 0.15) is 5.82 Å². The zero-order valence-corrected chi connectivity index (χ0v) is 17.1. The van der Waals surface area contributed by atoms with Gasteiger partial charge in [0, 0.05) is 33.1 Å². The highest BCUT2D eigenvalue weighted by molar-refractivity contribution is 14.1. The van der Waals surface area contributed by atoms with Crippen LogP contribution < -0.4 is 5.32 Å². The van der Waals surface area contributed by atoms with Crippen molar-refractivity contribution in [2.45, 2.75) is 5.92 Å². The summed E-state index contributed by atoms with van der Waals surface area (Å²) >= 11 is 1.99. The summed E-state index contributed by atoms with van der Waals surface area (Å²) in [6.45, 7) is 0.443. The van der Waals surface area contributed by atoms with Crippen molar-refractivity contribution in [3.63, 3.8) is 0 Å². The number of fused-ring (bicyclic) bond motifs is 1. The maximum atomic E-state index is 13.3. The second-order valence-corrected chi connectivity index (χ2v) is 7.75. The molecular formula is C23H18FIN2O. The van der Waals surface area contributed by atoms with E-state index in [1.807, 2.05) is 65.2 Å². The molecule has 1 atom stereocenters. The number of benzene rings is 3. The summed E-state index contributed by atoms with van der Waals surface area (Å²) in [5, 5.41) is 4.17. The van der Waals surface area contributed by atoms with Crippen LogP contribution in [0.5, 0.6) is 0 Å². The van der Waals surface area contributed by atoms with E-state index in [1.165, 1.54) is 18.2 Å². The zero-order valence-electron chi connectivity index (χ0n) is 15.0. The van der Waals surface area contributed by atoms with E-state index in [2.05, 4.69) is 28.5 Å². The van der Waals surface area contributed by atoms with Crippen molar-refractivity contribution in [3.05, 3.63) is 105 Å².